The minimum Gasteiger partial charge on any atom is -0.508 e. The fraction of sp³-hybridized carbons (Fsp3) is 0.581. The number of aryl methyl sites for hydroxylation is 2. The average molecular weight is 467 g/mol. The van der Waals surface area contributed by atoms with Crippen LogP contribution in [0.5, 0.6) is 11.5 Å². The summed E-state index contributed by atoms with van der Waals surface area (Å²) in [6.45, 7) is 12.8. The summed E-state index contributed by atoms with van der Waals surface area (Å²) in [5, 5.41) is 21.8. The number of aromatic hydroxyl groups is 2. The lowest BCUT2D eigenvalue weighted by Crippen LogP contribution is -2.18. The highest BCUT2D eigenvalue weighted by atomic mass is 16.3. The first kappa shape index (κ1) is 28.0. The van der Waals surface area contributed by atoms with Gasteiger partial charge in [-0.15, -0.1) is 0 Å². The lowest BCUT2D eigenvalue weighted by Gasteiger charge is -2.23. The molecule has 0 heterocycles. The maximum Gasteiger partial charge on any atom is 0.194 e. The fourth-order valence-electron chi connectivity index (χ4n) is 5.38. The Morgan fingerprint density at radius 3 is 1.12 bits per heavy atom. The van der Waals surface area contributed by atoms with Crippen molar-refractivity contribution in [2.45, 2.75) is 119 Å². The van der Waals surface area contributed by atoms with Gasteiger partial charge in [-0.3, -0.25) is 4.79 Å². The molecule has 0 saturated heterocycles. The second-order valence-electron chi connectivity index (χ2n) is 9.60. The van der Waals surface area contributed by atoms with E-state index in [4.69, 9.17) is 0 Å². The van der Waals surface area contributed by atoms with Crippen LogP contribution in [0.3, 0.4) is 0 Å². The van der Waals surface area contributed by atoms with Crippen molar-refractivity contribution in [3.8, 4) is 11.5 Å². The zero-order chi connectivity index (χ0) is 25.3. The van der Waals surface area contributed by atoms with Crippen molar-refractivity contribution < 1.29 is 15.0 Å². The molecule has 3 heteroatoms. The summed E-state index contributed by atoms with van der Waals surface area (Å²) in [5.41, 5.74) is 7.50. The quantitative estimate of drug-likeness (QED) is 0.277. The van der Waals surface area contributed by atoms with Crippen LogP contribution < -0.4 is 0 Å². The second-order valence-corrected chi connectivity index (χ2v) is 9.60. The first-order valence-corrected chi connectivity index (χ1v) is 13.7. The van der Waals surface area contributed by atoms with Crippen LogP contribution >= 0.6 is 0 Å². The van der Waals surface area contributed by atoms with Crippen LogP contribution in [0, 0.1) is 0 Å². The van der Waals surface area contributed by atoms with E-state index in [1.807, 2.05) is 12.1 Å². The Bertz CT molecular complexity index is 894. The normalized spacial score (nSPS) is 11.2. The second kappa shape index (κ2) is 13.6. The number of carbonyl (C=O) groups excluding carboxylic acids is 1. The van der Waals surface area contributed by atoms with Gasteiger partial charge in [-0.05, 0) is 84.0 Å². The van der Waals surface area contributed by atoms with Crippen molar-refractivity contribution in [2.75, 3.05) is 0 Å². The number of ketones is 1. The van der Waals surface area contributed by atoms with E-state index >= 15 is 0 Å². The number of hydrogen-bond acceptors (Lipinski definition) is 3. The number of benzene rings is 2. The molecule has 0 amide bonds. The van der Waals surface area contributed by atoms with Crippen LogP contribution in [-0.2, 0) is 38.5 Å². The third-order valence-corrected chi connectivity index (χ3v) is 6.71. The summed E-state index contributed by atoms with van der Waals surface area (Å²) in [5.74, 6) is 0.768. The number of phenolic OH excluding ortho intramolecular Hbond substituents is 2. The topological polar surface area (TPSA) is 57.5 Å². The van der Waals surface area contributed by atoms with E-state index in [0.717, 1.165) is 122 Å². The molecular formula is C31H46O3. The molecule has 0 saturated carbocycles. The van der Waals surface area contributed by atoms with Gasteiger partial charge in [0.1, 0.15) is 11.5 Å². The molecule has 0 radical (unpaired) electrons. The van der Waals surface area contributed by atoms with Gasteiger partial charge in [0.2, 0.25) is 0 Å². The maximum absolute atomic E-state index is 14.6. The number of phenols is 2. The third kappa shape index (κ3) is 6.03. The molecule has 2 rings (SSSR count). The summed E-state index contributed by atoms with van der Waals surface area (Å²) >= 11 is 0. The number of hydrogen-bond donors (Lipinski definition) is 2. The third-order valence-electron chi connectivity index (χ3n) is 6.71. The lowest BCUT2D eigenvalue weighted by molar-refractivity contribution is 0.103. The fourth-order valence-corrected chi connectivity index (χ4v) is 5.38. The largest absolute Gasteiger partial charge is 0.508 e. The standard InChI is InChI=1S/C31H46O3/c1-7-13-21-19-27(32)23(15-9-3)25(17-11-5)29(21)31(34)30-22(14-8-2)20-28(33)24(16-10-4)26(30)18-12-6/h19-20,32-33H,7-18H2,1-6H3. The molecule has 0 aliphatic rings. The molecule has 0 atom stereocenters. The van der Waals surface area contributed by atoms with E-state index in [1.165, 1.54) is 0 Å². The molecule has 0 aromatic heterocycles. The minimum absolute atomic E-state index is 0.0912. The number of carbonyl (C=O) groups is 1. The van der Waals surface area contributed by atoms with Crippen molar-refractivity contribution in [3.05, 3.63) is 56.6 Å². The van der Waals surface area contributed by atoms with Crippen LogP contribution in [0.4, 0.5) is 0 Å². The van der Waals surface area contributed by atoms with Gasteiger partial charge in [-0.2, -0.15) is 0 Å². The molecular weight excluding hydrogens is 420 g/mol. The van der Waals surface area contributed by atoms with Crippen LogP contribution in [0.1, 0.15) is 129 Å². The van der Waals surface area contributed by atoms with Crippen molar-refractivity contribution in [1.82, 2.24) is 0 Å². The first-order chi connectivity index (χ1) is 16.4. The molecule has 34 heavy (non-hydrogen) atoms. The van der Waals surface area contributed by atoms with Crippen LogP contribution in [-0.4, -0.2) is 16.0 Å². The Balaban J connectivity index is 2.96. The van der Waals surface area contributed by atoms with Crippen LogP contribution in [0.15, 0.2) is 12.1 Å². The molecule has 3 nitrogen and oxygen atoms in total. The summed E-state index contributed by atoms with van der Waals surface area (Å²) in [7, 11) is 0. The van der Waals surface area contributed by atoms with E-state index in [9.17, 15) is 15.0 Å². The molecule has 2 aromatic rings. The molecule has 0 fully saturated rings. The van der Waals surface area contributed by atoms with Crippen LogP contribution in [0.2, 0.25) is 0 Å². The van der Waals surface area contributed by atoms with E-state index in [2.05, 4.69) is 41.5 Å². The van der Waals surface area contributed by atoms with Gasteiger partial charge < -0.3 is 10.2 Å². The summed E-state index contributed by atoms with van der Waals surface area (Å²) in [4.78, 5) is 14.6. The average Bonchev–Trinajstić information content (AvgIpc) is 2.79. The Morgan fingerprint density at radius 1 is 0.529 bits per heavy atom. The van der Waals surface area contributed by atoms with Gasteiger partial charge in [0.15, 0.2) is 5.78 Å². The Morgan fingerprint density at radius 2 is 0.824 bits per heavy atom. The van der Waals surface area contributed by atoms with E-state index in [-0.39, 0.29) is 5.78 Å². The Hall–Kier alpha value is -2.29. The highest BCUT2D eigenvalue weighted by Gasteiger charge is 2.28. The van der Waals surface area contributed by atoms with Crippen molar-refractivity contribution in [2.24, 2.45) is 0 Å². The zero-order valence-corrected chi connectivity index (χ0v) is 22.4. The summed E-state index contributed by atoms with van der Waals surface area (Å²) < 4.78 is 0. The van der Waals surface area contributed by atoms with E-state index < -0.39 is 0 Å². The molecule has 0 spiro atoms. The predicted octanol–water partition coefficient (Wildman–Crippen LogP) is 8.04. The van der Waals surface area contributed by atoms with Crippen molar-refractivity contribution in [1.29, 1.82) is 0 Å². The molecule has 0 aliphatic heterocycles. The van der Waals surface area contributed by atoms with Gasteiger partial charge in [0, 0.05) is 11.1 Å². The number of rotatable bonds is 14. The predicted molar refractivity (Wildman–Crippen MR) is 144 cm³/mol. The van der Waals surface area contributed by atoms with Gasteiger partial charge in [-0.25, -0.2) is 0 Å². The highest BCUT2D eigenvalue weighted by molar-refractivity contribution is 6.13. The molecule has 0 bridgehead atoms. The summed E-state index contributed by atoms with van der Waals surface area (Å²) in [6.07, 6.45) is 10.2. The highest BCUT2D eigenvalue weighted by Crippen LogP contribution is 2.37. The smallest absolute Gasteiger partial charge is 0.194 e. The van der Waals surface area contributed by atoms with E-state index in [1.54, 1.807) is 0 Å². The van der Waals surface area contributed by atoms with Gasteiger partial charge in [0.25, 0.3) is 0 Å². The van der Waals surface area contributed by atoms with Crippen molar-refractivity contribution >= 4 is 5.78 Å². The molecule has 2 N–H and O–H groups in total. The lowest BCUT2D eigenvalue weighted by atomic mass is 9.80. The molecule has 0 unspecified atom stereocenters. The zero-order valence-electron chi connectivity index (χ0n) is 22.4. The minimum atomic E-state index is 0.0912. The van der Waals surface area contributed by atoms with Crippen molar-refractivity contribution in [3.63, 3.8) is 0 Å². The molecule has 188 valence electrons. The first-order valence-electron chi connectivity index (χ1n) is 13.7. The molecule has 2 aromatic carbocycles. The van der Waals surface area contributed by atoms with Crippen LogP contribution in [0.25, 0.3) is 0 Å². The Labute approximate surface area is 207 Å². The maximum atomic E-state index is 14.6. The van der Waals surface area contributed by atoms with Gasteiger partial charge in [-0.1, -0.05) is 80.1 Å². The monoisotopic (exact) mass is 466 g/mol. The Kier molecular flexibility index (Phi) is 11.1. The summed E-state index contributed by atoms with van der Waals surface area (Å²) in [6, 6.07) is 3.71. The molecule has 0 aliphatic carbocycles. The SMILES string of the molecule is CCCc1cc(O)c(CCC)c(CCC)c1C(=O)c1c(CCC)cc(O)c(CCC)c1CCC. The van der Waals surface area contributed by atoms with Gasteiger partial charge in [0.05, 0.1) is 0 Å². The van der Waals surface area contributed by atoms with E-state index in [0.29, 0.717) is 11.5 Å². The van der Waals surface area contributed by atoms with Gasteiger partial charge >= 0.3 is 0 Å².